The van der Waals surface area contributed by atoms with Crippen molar-refractivity contribution < 1.29 is 37.6 Å². The maximum absolute atomic E-state index is 12.6. The number of phosphoric acid groups is 1. The first-order chi connectivity index (χ1) is 27.3. The molecule has 9 nitrogen and oxygen atoms in total. The lowest BCUT2D eigenvalue weighted by Gasteiger charge is -2.20. The molecule has 0 fully saturated rings. The Labute approximate surface area is 344 Å². The van der Waals surface area contributed by atoms with Crippen molar-refractivity contribution in [1.29, 1.82) is 0 Å². The molecule has 328 valence electrons. The Bertz CT molecular complexity index is 1020. The first-order valence-electron chi connectivity index (χ1n) is 22.9. The molecular weight excluding hydrogens is 725 g/mol. The molecule has 2 unspecified atom stereocenters. The summed E-state index contributed by atoms with van der Waals surface area (Å²) in [5.41, 5.74) is 0. The second-order valence-electron chi connectivity index (χ2n) is 15.2. The van der Waals surface area contributed by atoms with Gasteiger partial charge < -0.3 is 19.7 Å². The minimum atomic E-state index is -4.35. The van der Waals surface area contributed by atoms with Crippen LogP contribution in [-0.2, 0) is 32.7 Å². The van der Waals surface area contributed by atoms with Crippen molar-refractivity contribution in [2.75, 3.05) is 33.4 Å². The van der Waals surface area contributed by atoms with Crippen LogP contribution < -0.4 is 5.32 Å². The van der Waals surface area contributed by atoms with Crippen LogP contribution in [-0.4, -0.2) is 56.3 Å². The Kier molecular flexibility index (Phi) is 41.5. The number of nitrogens with one attached hydrogen (secondary N) is 1. The second-order valence-corrected chi connectivity index (χ2v) is 16.7. The molecule has 0 amide bonds. The van der Waals surface area contributed by atoms with Crippen LogP contribution >= 0.6 is 7.82 Å². The number of ether oxygens (including phenoxy) is 2. The van der Waals surface area contributed by atoms with Gasteiger partial charge in [-0.05, 0) is 52.0 Å². The lowest BCUT2D eigenvalue weighted by Crippen LogP contribution is -2.29. The van der Waals surface area contributed by atoms with Crippen LogP contribution in [0.15, 0.2) is 36.5 Å². The van der Waals surface area contributed by atoms with Gasteiger partial charge in [-0.25, -0.2) is 4.57 Å². The third-order valence-corrected chi connectivity index (χ3v) is 10.8. The molecule has 0 spiro atoms. The molecule has 0 saturated carbocycles. The van der Waals surface area contributed by atoms with Gasteiger partial charge in [0.1, 0.15) is 6.61 Å². The Morgan fingerprint density at radius 2 is 1.02 bits per heavy atom. The van der Waals surface area contributed by atoms with Crippen molar-refractivity contribution in [3.05, 3.63) is 36.5 Å². The molecule has 0 aromatic rings. The normalized spacial score (nSPS) is 13.6. The van der Waals surface area contributed by atoms with Crippen LogP contribution in [0.25, 0.3) is 0 Å². The van der Waals surface area contributed by atoms with Crippen LogP contribution in [0.4, 0.5) is 0 Å². The van der Waals surface area contributed by atoms with Gasteiger partial charge in [-0.15, -0.1) is 0 Å². The van der Waals surface area contributed by atoms with Gasteiger partial charge in [0.05, 0.1) is 13.2 Å². The SMILES string of the molecule is CC/C=C\C/C=C\C/C=C\CCCCCCCC(=O)OC(COC(=O)CCCCCCCCCCCCCCCCCCCCC)COP(=O)(O)OCCNC. The van der Waals surface area contributed by atoms with E-state index in [2.05, 4.69) is 55.6 Å². The number of unbranched alkanes of at least 4 members (excludes halogenated alkanes) is 23. The van der Waals surface area contributed by atoms with Gasteiger partial charge >= 0.3 is 19.8 Å². The van der Waals surface area contributed by atoms with Gasteiger partial charge in [-0.3, -0.25) is 18.6 Å². The van der Waals surface area contributed by atoms with Gasteiger partial charge in [-0.2, -0.15) is 0 Å². The largest absolute Gasteiger partial charge is 0.472 e. The summed E-state index contributed by atoms with van der Waals surface area (Å²) in [6.45, 7) is 4.12. The summed E-state index contributed by atoms with van der Waals surface area (Å²) in [5.74, 6) is -0.819. The van der Waals surface area contributed by atoms with Crippen LogP contribution in [0.5, 0.6) is 0 Å². The lowest BCUT2D eigenvalue weighted by molar-refractivity contribution is -0.161. The Morgan fingerprint density at radius 1 is 0.571 bits per heavy atom. The monoisotopic (exact) mass is 812 g/mol. The van der Waals surface area contributed by atoms with Crippen molar-refractivity contribution in [1.82, 2.24) is 5.32 Å². The molecule has 0 aromatic heterocycles. The van der Waals surface area contributed by atoms with Crippen LogP contribution in [0.3, 0.4) is 0 Å². The molecule has 0 radical (unpaired) electrons. The van der Waals surface area contributed by atoms with E-state index in [1.807, 2.05) is 0 Å². The number of hydrogen-bond donors (Lipinski definition) is 2. The van der Waals surface area contributed by atoms with E-state index < -0.39 is 26.5 Å². The van der Waals surface area contributed by atoms with E-state index in [1.165, 1.54) is 103 Å². The number of carbonyl (C=O) groups is 2. The molecule has 0 aliphatic heterocycles. The maximum atomic E-state index is 12.6. The van der Waals surface area contributed by atoms with E-state index in [4.69, 9.17) is 18.5 Å². The highest BCUT2D eigenvalue weighted by Crippen LogP contribution is 2.43. The van der Waals surface area contributed by atoms with Gasteiger partial charge in [0.15, 0.2) is 6.10 Å². The number of phosphoric ester groups is 1. The lowest BCUT2D eigenvalue weighted by atomic mass is 10.0. The first kappa shape index (κ1) is 54.2. The molecule has 2 atom stereocenters. The van der Waals surface area contributed by atoms with Gasteiger partial charge in [0.25, 0.3) is 0 Å². The predicted octanol–water partition coefficient (Wildman–Crippen LogP) is 13.2. The quantitative estimate of drug-likeness (QED) is 0.0268. The van der Waals surface area contributed by atoms with Crippen molar-refractivity contribution in [3.63, 3.8) is 0 Å². The number of allylic oxidation sites excluding steroid dienone is 6. The predicted molar refractivity (Wildman–Crippen MR) is 234 cm³/mol. The number of rotatable bonds is 43. The number of hydrogen-bond acceptors (Lipinski definition) is 8. The topological polar surface area (TPSA) is 120 Å². The van der Waals surface area contributed by atoms with E-state index in [0.717, 1.165) is 70.6 Å². The molecule has 10 heteroatoms. The third-order valence-electron chi connectivity index (χ3n) is 9.77. The molecule has 0 bridgehead atoms. The fraction of sp³-hybridized carbons (Fsp3) is 0.826. The molecule has 0 aliphatic rings. The van der Waals surface area contributed by atoms with Crippen LogP contribution in [0, 0.1) is 0 Å². The minimum Gasteiger partial charge on any atom is -0.462 e. The maximum Gasteiger partial charge on any atom is 0.472 e. The summed E-state index contributed by atoms with van der Waals surface area (Å²) < 4.78 is 33.2. The molecule has 0 rings (SSSR count). The Morgan fingerprint density at radius 3 is 1.52 bits per heavy atom. The summed E-state index contributed by atoms with van der Waals surface area (Å²) in [6.07, 6.45) is 46.2. The fourth-order valence-corrected chi connectivity index (χ4v) is 7.08. The van der Waals surface area contributed by atoms with E-state index in [9.17, 15) is 19.0 Å². The van der Waals surface area contributed by atoms with Gasteiger partial charge in [0, 0.05) is 19.4 Å². The molecule has 2 N–H and O–H groups in total. The zero-order valence-corrected chi connectivity index (χ0v) is 37.2. The van der Waals surface area contributed by atoms with E-state index in [0.29, 0.717) is 13.0 Å². The van der Waals surface area contributed by atoms with E-state index >= 15 is 0 Å². The average molecular weight is 812 g/mol. The van der Waals surface area contributed by atoms with Crippen molar-refractivity contribution in [2.45, 2.75) is 213 Å². The minimum absolute atomic E-state index is 0.0199. The van der Waals surface area contributed by atoms with E-state index in [1.54, 1.807) is 7.05 Å². The molecule has 0 aliphatic carbocycles. The second kappa shape index (κ2) is 42.8. The number of carbonyl (C=O) groups excluding carboxylic acids is 2. The van der Waals surface area contributed by atoms with Crippen LogP contribution in [0.2, 0.25) is 0 Å². The standard InChI is InChI=1S/C46H86NO8P/c1-4-6-8-10-12-14-16-18-20-21-22-23-25-26-28-30-32-34-36-38-45(48)52-42-44(43-54-56(50,51)53-41-40-47-3)55-46(49)39-37-35-33-31-29-27-24-19-17-15-13-11-9-7-5-2/h7,9,13,15,19,24,44,47H,4-6,8,10-12,14,16-18,20-23,25-43H2,1-3H3,(H,50,51)/b9-7-,15-13-,24-19-. The zero-order valence-electron chi connectivity index (χ0n) is 36.3. The highest BCUT2D eigenvalue weighted by atomic mass is 31.2. The smallest absolute Gasteiger partial charge is 0.462 e. The highest BCUT2D eigenvalue weighted by molar-refractivity contribution is 7.47. The third kappa shape index (κ3) is 41.9. The summed E-state index contributed by atoms with van der Waals surface area (Å²) in [6, 6.07) is 0. The molecule has 0 saturated heterocycles. The average Bonchev–Trinajstić information content (AvgIpc) is 3.18. The molecule has 0 heterocycles. The Hall–Kier alpha value is -1.77. The van der Waals surface area contributed by atoms with Crippen molar-refractivity contribution in [2.24, 2.45) is 0 Å². The van der Waals surface area contributed by atoms with Crippen molar-refractivity contribution >= 4 is 19.8 Å². The Balaban J connectivity index is 4.16. The summed E-state index contributed by atoms with van der Waals surface area (Å²) >= 11 is 0. The molecule has 0 aromatic carbocycles. The van der Waals surface area contributed by atoms with Gasteiger partial charge in [-0.1, -0.05) is 185 Å². The van der Waals surface area contributed by atoms with Crippen molar-refractivity contribution in [3.8, 4) is 0 Å². The number of likely N-dealkylation sites (N-methyl/N-ethyl adjacent to an activating group) is 1. The molecule has 56 heavy (non-hydrogen) atoms. The van der Waals surface area contributed by atoms with Crippen LogP contribution in [0.1, 0.15) is 206 Å². The summed E-state index contributed by atoms with van der Waals surface area (Å²) in [7, 11) is -2.65. The first-order valence-corrected chi connectivity index (χ1v) is 24.4. The molecular formula is C46H86NO8P. The number of esters is 2. The fourth-order valence-electron chi connectivity index (χ4n) is 6.33. The summed E-state index contributed by atoms with van der Waals surface area (Å²) in [4.78, 5) is 35.1. The highest BCUT2D eigenvalue weighted by Gasteiger charge is 2.26. The summed E-state index contributed by atoms with van der Waals surface area (Å²) in [5, 5.41) is 2.82. The zero-order chi connectivity index (χ0) is 41.1. The van der Waals surface area contributed by atoms with E-state index in [-0.39, 0.29) is 32.0 Å². The van der Waals surface area contributed by atoms with Gasteiger partial charge in [0.2, 0.25) is 0 Å².